The Balaban J connectivity index is 2.45. The second kappa shape index (κ2) is 6.66. The van der Waals surface area contributed by atoms with Crippen molar-refractivity contribution in [3.8, 4) is 0 Å². The third-order valence-corrected chi connectivity index (χ3v) is 3.70. The lowest BCUT2D eigenvalue weighted by Crippen LogP contribution is -1.86. The molecule has 0 bridgehead atoms. The molecule has 1 aromatic rings. The predicted molar refractivity (Wildman–Crippen MR) is 64.2 cm³/mol. The fourth-order valence-corrected chi connectivity index (χ4v) is 2.68. The molecule has 2 N–H and O–H groups in total. The molecule has 0 aliphatic rings. The van der Waals surface area contributed by atoms with Crippen LogP contribution in [0.3, 0.4) is 0 Å². The summed E-state index contributed by atoms with van der Waals surface area (Å²) in [7, 11) is 0. The molecular weight excluding hydrogens is 232 g/mol. The third-order valence-electron chi connectivity index (χ3n) is 1.57. The Kier molecular flexibility index (Phi) is 5.45. The highest BCUT2D eigenvalue weighted by atomic mass is 32.2. The number of hydrogen-bond donors (Lipinski definition) is 2. The Morgan fingerprint density at radius 1 is 1.60 bits per heavy atom. The van der Waals surface area contributed by atoms with Gasteiger partial charge in [0.05, 0.1) is 6.61 Å². The Morgan fingerprint density at radius 2 is 2.40 bits per heavy atom. The molecule has 5 heteroatoms. The number of aliphatic hydroxyl groups excluding tert-OH is 1. The summed E-state index contributed by atoms with van der Waals surface area (Å²) in [4.78, 5) is 11.5. The lowest BCUT2D eigenvalue weighted by Gasteiger charge is -1.94. The van der Waals surface area contributed by atoms with Gasteiger partial charge in [0.25, 0.3) is 0 Å². The molecule has 0 saturated carbocycles. The molecule has 0 aliphatic carbocycles. The van der Waals surface area contributed by atoms with Crippen molar-refractivity contribution < 1.29 is 15.0 Å². The molecule has 0 aliphatic heterocycles. The molecule has 0 amide bonds. The van der Waals surface area contributed by atoms with Gasteiger partial charge in [-0.3, -0.25) is 0 Å². The fourth-order valence-electron chi connectivity index (χ4n) is 0.966. The van der Waals surface area contributed by atoms with Gasteiger partial charge < -0.3 is 10.2 Å². The summed E-state index contributed by atoms with van der Waals surface area (Å²) in [5, 5.41) is 19.0. The largest absolute Gasteiger partial charge is 0.478 e. The number of aliphatic carboxylic acids is 1. The van der Waals surface area contributed by atoms with Crippen LogP contribution >= 0.6 is 23.1 Å². The van der Waals surface area contributed by atoms with Crippen LogP contribution in [0.1, 0.15) is 10.4 Å². The summed E-state index contributed by atoms with van der Waals surface area (Å²) in [6.07, 6.45) is 2.71. The Bertz CT molecular complexity index is 344. The number of carbonyl (C=O) groups is 1. The standard InChI is InChI=1S/C10H12O3S2/c11-3-4-14-7-9-5-8(6-15-9)1-2-10(12)13/h1-2,5-6,11H,3-4,7H2,(H,12,13). The minimum atomic E-state index is -0.933. The van der Waals surface area contributed by atoms with Crippen LogP contribution in [0.2, 0.25) is 0 Å². The molecule has 1 heterocycles. The van der Waals surface area contributed by atoms with Gasteiger partial charge in [-0.15, -0.1) is 11.3 Å². The fraction of sp³-hybridized carbons (Fsp3) is 0.300. The maximum Gasteiger partial charge on any atom is 0.328 e. The molecular formula is C10H12O3S2. The number of aliphatic hydroxyl groups is 1. The van der Waals surface area contributed by atoms with Crippen LogP contribution in [0, 0.1) is 0 Å². The molecule has 0 aromatic carbocycles. The number of thiophene rings is 1. The lowest BCUT2D eigenvalue weighted by molar-refractivity contribution is -0.131. The van der Waals surface area contributed by atoms with Crippen LogP contribution < -0.4 is 0 Å². The highest BCUT2D eigenvalue weighted by molar-refractivity contribution is 7.98. The molecule has 82 valence electrons. The average Bonchev–Trinajstić information content (AvgIpc) is 2.63. The molecule has 0 radical (unpaired) electrons. The van der Waals surface area contributed by atoms with Crippen molar-refractivity contribution in [3.63, 3.8) is 0 Å². The molecule has 0 spiro atoms. The zero-order chi connectivity index (χ0) is 11.1. The zero-order valence-corrected chi connectivity index (χ0v) is 9.68. The summed E-state index contributed by atoms with van der Waals surface area (Å²) in [5.74, 6) is 0.669. The molecule has 0 atom stereocenters. The maximum atomic E-state index is 10.3. The second-order valence-corrected chi connectivity index (χ2v) is 4.90. The minimum absolute atomic E-state index is 0.196. The first kappa shape index (κ1) is 12.3. The topological polar surface area (TPSA) is 57.5 Å². The van der Waals surface area contributed by atoms with Crippen molar-refractivity contribution in [2.24, 2.45) is 0 Å². The van der Waals surface area contributed by atoms with Crippen LogP contribution in [0.25, 0.3) is 6.08 Å². The van der Waals surface area contributed by atoms with Gasteiger partial charge in [-0.05, 0) is 23.1 Å². The van der Waals surface area contributed by atoms with Gasteiger partial charge in [-0.25, -0.2) is 4.79 Å². The first-order chi connectivity index (χ1) is 7.22. The molecule has 15 heavy (non-hydrogen) atoms. The predicted octanol–water partition coefficient (Wildman–Crippen LogP) is 2.07. The second-order valence-electron chi connectivity index (χ2n) is 2.79. The summed E-state index contributed by atoms with van der Waals surface area (Å²) in [5.41, 5.74) is 0.919. The van der Waals surface area contributed by atoms with E-state index in [2.05, 4.69) is 0 Å². The van der Waals surface area contributed by atoms with Crippen molar-refractivity contribution in [1.29, 1.82) is 0 Å². The highest BCUT2D eigenvalue weighted by Crippen LogP contribution is 2.21. The molecule has 0 saturated heterocycles. The Morgan fingerprint density at radius 3 is 3.07 bits per heavy atom. The van der Waals surface area contributed by atoms with Gasteiger partial charge in [0.15, 0.2) is 0 Å². The lowest BCUT2D eigenvalue weighted by atomic mass is 10.3. The Labute approximate surface area is 96.4 Å². The zero-order valence-electron chi connectivity index (χ0n) is 8.05. The van der Waals surface area contributed by atoms with E-state index in [1.807, 2.05) is 11.4 Å². The summed E-state index contributed by atoms with van der Waals surface area (Å²) < 4.78 is 0. The van der Waals surface area contributed by atoms with Crippen molar-refractivity contribution in [3.05, 3.63) is 28.0 Å². The number of hydrogen-bond acceptors (Lipinski definition) is 4. The van der Waals surface area contributed by atoms with Gasteiger partial charge in [0.2, 0.25) is 0 Å². The van der Waals surface area contributed by atoms with E-state index in [9.17, 15) is 4.79 Å². The van der Waals surface area contributed by atoms with Crippen LogP contribution in [-0.2, 0) is 10.5 Å². The SMILES string of the molecule is O=C(O)C=Cc1csc(CSCCO)c1. The van der Waals surface area contributed by atoms with E-state index in [4.69, 9.17) is 10.2 Å². The minimum Gasteiger partial charge on any atom is -0.478 e. The van der Waals surface area contributed by atoms with Gasteiger partial charge in [0.1, 0.15) is 0 Å². The molecule has 1 aromatic heterocycles. The van der Waals surface area contributed by atoms with Crippen LogP contribution in [0.15, 0.2) is 17.5 Å². The monoisotopic (exact) mass is 244 g/mol. The van der Waals surface area contributed by atoms with Gasteiger partial charge in [0, 0.05) is 22.5 Å². The van der Waals surface area contributed by atoms with Gasteiger partial charge >= 0.3 is 5.97 Å². The molecule has 3 nitrogen and oxygen atoms in total. The van der Waals surface area contributed by atoms with E-state index in [-0.39, 0.29) is 6.61 Å². The van der Waals surface area contributed by atoms with Crippen molar-refractivity contribution in [2.45, 2.75) is 5.75 Å². The van der Waals surface area contributed by atoms with E-state index in [0.717, 1.165) is 23.1 Å². The third kappa shape index (κ3) is 5.01. The van der Waals surface area contributed by atoms with Gasteiger partial charge in [-0.1, -0.05) is 0 Å². The first-order valence-corrected chi connectivity index (χ1v) is 6.43. The van der Waals surface area contributed by atoms with Crippen molar-refractivity contribution in [1.82, 2.24) is 0 Å². The average molecular weight is 244 g/mol. The summed E-state index contributed by atoms with van der Waals surface area (Å²) in [6.45, 7) is 0.196. The quantitative estimate of drug-likeness (QED) is 0.594. The van der Waals surface area contributed by atoms with Crippen LogP contribution in [0.4, 0.5) is 0 Å². The smallest absolute Gasteiger partial charge is 0.328 e. The maximum absolute atomic E-state index is 10.3. The molecule has 1 rings (SSSR count). The molecule has 0 fully saturated rings. The van der Waals surface area contributed by atoms with Crippen molar-refractivity contribution >= 4 is 35.1 Å². The van der Waals surface area contributed by atoms with E-state index in [1.165, 1.54) is 4.88 Å². The van der Waals surface area contributed by atoms with E-state index in [0.29, 0.717) is 0 Å². The van der Waals surface area contributed by atoms with Crippen LogP contribution in [0.5, 0.6) is 0 Å². The number of thioether (sulfide) groups is 1. The number of carboxylic acids is 1. The molecule has 0 unspecified atom stereocenters. The summed E-state index contributed by atoms with van der Waals surface area (Å²) >= 11 is 3.27. The van der Waals surface area contributed by atoms with E-state index in [1.54, 1.807) is 29.2 Å². The first-order valence-electron chi connectivity index (χ1n) is 4.39. The van der Waals surface area contributed by atoms with Crippen molar-refractivity contribution in [2.75, 3.05) is 12.4 Å². The van der Waals surface area contributed by atoms with E-state index >= 15 is 0 Å². The van der Waals surface area contributed by atoms with Gasteiger partial charge in [-0.2, -0.15) is 11.8 Å². The highest BCUT2D eigenvalue weighted by Gasteiger charge is 1.98. The number of rotatable bonds is 6. The van der Waals surface area contributed by atoms with E-state index < -0.39 is 5.97 Å². The van der Waals surface area contributed by atoms with Crippen LogP contribution in [-0.4, -0.2) is 28.5 Å². The normalized spacial score (nSPS) is 11.0. The summed E-state index contributed by atoms with van der Waals surface area (Å²) in [6, 6.07) is 1.97. The number of carboxylic acid groups (broad SMARTS) is 1. The Hall–Kier alpha value is -0.780.